The molecule has 1 fully saturated rings. The fraction of sp³-hybridized carbons (Fsp3) is 0.182. The fourth-order valence-corrected chi connectivity index (χ4v) is 3.40. The molecule has 0 bridgehead atoms. The lowest BCUT2D eigenvalue weighted by molar-refractivity contribution is -0.117. The van der Waals surface area contributed by atoms with Crippen molar-refractivity contribution in [3.05, 3.63) is 77.9 Å². The lowest BCUT2D eigenvalue weighted by Crippen LogP contribution is -2.17. The molecule has 0 aromatic heterocycles. The Kier molecular flexibility index (Phi) is 4.17. The van der Waals surface area contributed by atoms with Crippen LogP contribution in [0.15, 0.2) is 66.7 Å². The Balaban J connectivity index is 1.50. The first-order valence-corrected chi connectivity index (χ1v) is 8.64. The van der Waals surface area contributed by atoms with Gasteiger partial charge in [-0.1, -0.05) is 54.6 Å². The van der Waals surface area contributed by atoms with Gasteiger partial charge in [0.1, 0.15) is 0 Å². The summed E-state index contributed by atoms with van der Waals surface area (Å²) < 4.78 is 4.78. The number of ether oxygens (including phenoxy) is 1. The van der Waals surface area contributed by atoms with E-state index in [1.54, 1.807) is 24.3 Å². The summed E-state index contributed by atoms with van der Waals surface area (Å²) in [5, 5.41) is 5.27. The first-order valence-electron chi connectivity index (χ1n) is 8.64. The first-order chi connectivity index (χ1) is 12.7. The quantitative estimate of drug-likeness (QED) is 0.715. The average molecular weight is 345 g/mol. The van der Waals surface area contributed by atoms with Crippen molar-refractivity contribution < 1.29 is 14.3 Å². The lowest BCUT2D eigenvalue weighted by atomic mass is 10.0. The van der Waals surface area contributed by atoms with Crippen LogP contribution in [0.1, 0.15) is 28.3 Å². The van der Waals surface area contributed by atoms with Crippen LogP contribution in [0.25, 0.3) is 10.8 Å². The van der Waals surface area contributed by atoms with Gasteiger partial charge in [0.2, 0.25) is 5.91 Å². The monoisotopic (exact) mass is 345 g/mol. The molecule has 3 aromatic carbocycles. The van der Waals surface area contributed by atoms with Crippen molar-refractivity contribution in [3.63, 3.8) is 0 Å². The third-order valence-electron chi connectivity index (χ3n) is 4.92. The summed E-state index contributed by atoms with van der Waals surface area (Å²) in [5.74, 6) is -0.353. The molecule has 2 unspecified atom stereocenters. The minimum Gasteiger partial charge on any atom is -0.465 e. The van der Waals surface area contributed by atoms with Gasteiger partial charge >= 0.3 is 5.97 Å². The first kappa shape index (κ1) is 16.3. The predicted molar refractivity (Wildman–Crippen MR) is 101 cm³/mol. The van der Waals surface area contributed by atoms with Crippen LogP contribution in [0.3, 0.4) is 0 Å². The molecule has 1 aliphatic rings. The summed E-state index contributed by atoms with van der Waals surface area (Å²) in [6, 6.07) is 21.5. The Bertz CT molecular complexity index is 995. The summed E-state index contributed by atoms with van der Waals surface area (Å²) in [7, 11) is 1.33. The van der Waals surface area contributed by atoms with Gasteiger partial charge in [-0.25, -0.2) is 4.79 Å². The molecule has 1 N–H and O–H groups in total. The zero-order chi connectivity index (χ0) is 18.1. The van der Waals surface area contributed by atoms with Crippen molar-refractivity contribution in [2.45, 2.75) is 12.3 Å². The largest absolute Gasteiger partial charge is 0.465 e. The van der Waals surface area contributed by atoms with Gasteiger partial charge in [-0.2, -0.15) is 0 Å². The number of nitrogens with one attached hydrogen (secondary N) is 1. The number of methoxy groups -OCH3 is 1. The van der Waals surface area contributed by atoms with Crippen LogP contribution in [0.4, 0.5) is 5.69 Å². The molecule has 4 nitrogen and oxygen atoms in total. The molecule has 3 aromatic rings. The molecule has 0 heterocycles. The standard InChI is InChI=1S/C22H19NO3/c1-26-22(25)17-8-4-5-9-20(17)23-21(24)19-13-18(19)16-11-10-14-6-2-3-7-15(14)12-16/h2-12,18-19H,13H2,1H3,(H,23,24). The number of carbonyl (C=O) groups is 2. The number of carbonyl (C=O) groups excluding carboxylic acids is 2. The highest BCUT2D eigenvalue weighted by Crippen LogP contribution is 2.48. The van der Waals surface area contributed by atoms with Gasteiger partial charge in [-0.15, -0.1) is 0 Å². The molecule has 26 heavy (non-hydrogen) atoms. The molecule has 4 heteroatoms. The maximum atomic E-state index is 12.6. The Hall–Kier alpha value is -3.14. The summed E-state index contributed by atoms with van der Waals surface area (Å²) in [5.41, 5.74) is 2.05. The number of hydrogen-bond donors (Lipinski definition) is 1. The second-order valence-corrected chi connectivity index (χ2v) is 6.58. The van der Waals surface area contributed by atoms with Gasteiger partial charge in [0.15, 0.2) is 0 Å². The Morgan fingerprint density at radius 2 is 1.69 bits per heavy atom. The molecule has 130 valence electrons. The maximum absolute atomic E-state index is 12.6. The van der Waals surface area contributed by atoms with Crippen LogP contribution < -0.4 is 5.32 Å². The third-order valence-corrected chi connectivity index (χ3v) is 4.92. The SMILES string of the molecule is COC(=O)c1ccccc1NC(=O)C1CC1c1ccc2ccccc2c1. The Morgan fingerprint density at radius 3 is 2.50 bits per heavy atom. The van der Waals surface area contributed by atoms with Gasteiger partial charge < -0.3 is 10.1 Å². The highest BCUT2D eigenvalue weighted by Gasteiger charge is 2.44. The summed E-state index contributed by atoms with van der Waals surface area (Å²) in [6.07, 6.45) is 0.824. The van der Waals surface area contributed by atoms with Crippen LogP contribution in [0, 0.1) is 5.92 Å². The second-order valence-electron chi connectivity index (χ2n) is 6.58. The van der Waals surface area contributed by atoms with Crippen molar-refractivity contribution in [1.82, 2.24) is 0 Å². The highest BCUT2D eigenvalue weighted by molar-refractivity contribution is 6.02. The Labute approximate surface area is 151 Å². The predicted octanol–water partition coefficient (Wildman–Crippen LogP) is 4.37. The molecular formula is C22H19NO3. The van der Waals surface area contributed by atoms with E-state index >= 15 is 0 Å². The Morgan fingerprint density at radius 1 is 0.962 bits per heavy atom. The topological polar surface area (TPSA) is 55.4 Å². The molecular weight excluding hydrogens is 326 g/mol. The van der Waals surface area contributed by atoms with Crippen molar-refractivity contribution in [2.75, 3.05) is 12.4 Å². The number of anilines is 1. The van der Waals surface area contributed by atoms with Gasteiger partial charge in [0, 0.05) is 5.92 Å². The molecule has 4 rings (SSSR count). The number of esters is 1. The molecule has 1 aliphatic carbocycles. The van der Waals surface area contributed by atoms with E-state index in [9.17, 15) is 9.59 Å². The van der Waals surface area contributed by atoms with Crippen LogP contribution in [-0.4, -0.2) is 19.0 Å². The van der Waals surface area contributed by atoms with Crippen molar-refractivity contribution >= 4 is 28.3 Å². The van der Waals surface area contributed by atoms with Crippen molar-refractivity contribution in [1.29, 1.82) is 0 Å². The minimum absolute atomic E-state index is 0.0560. The molecule has 1 saturated carbocycles. The van der Waals surface area contributed by atoms with Crippen molar-refractivity contribution in [3.8, 4) is 0 Å². The fourth-order valence-electron chi connectivity index (χ4n) is 3.40. The van der Waals surface area contributed by atoms with Gasteiger partial charge in [0.25, 0.3) is 0 Å². The van der Waals surface area contributed by atoms with Crippen LogP contribution >= 0.6 is 0 Å². The molecule has 0 radical (unpaired) electrons. The number of rotatable bonds is 4. The van der Waals surface area contributed by atoms with E-state index in [1.165, 1.54) is 23.4 Å². The minimum atomic E-state index is -0.456. The molecule has 0 aliphatic heterocycles. The van der Waals surface area contributed by atoms with Gasteiger partial charge in [0.05, 0.1) is 18.4 Å². The number of para-hydroxylation sites is 1. The second kappa shape index (κ2) is 6.64. The average Bonchev–Trinajstić information content (AvgIpc) is 3.48. The van der Waals surface area contributed by atoms with E-state index in [-0.39, 0.29) is 17.7 Å². The molecule has 0 spiro atoms. The molecule has 0 saturated heterocycles. The third kappa shape index (κ3) is 3.06. The van der Waals surface area contributed by atoms with Crippen LogP contribution in [-0.2, 0) is 9.53 Å². The smallest absolute Gasteiger partial charge is 0.339 e. The molecule has 2 atom stereocenters. The van der Waals surface area contributed by atoms with E-state index < -0.39 is 5.97 Å². The summed E-state index contributed by atoms with van der Waals surface area (Å²) >= 11 is 0. The zero-order valence-electron chi connectivity index (χ0n) is 14.4. The number of hydrogen-bond acceptors (Lipinski definition) is 3. The van der Waals surface area contributed by atoms with Gasteiger partial charge in [-0.3, -0.25) is 4.79 Å². The van der Waals surface area contributed by atoms with E-state index in [0.717, 1.165) is 6.42 Å². The van der Waals surface area contributed by atoms with E-state index in [0.29, 0.717) is 11.3 Å². The maximum Gasteiger partial charge on any atom is 0.339 e. The lowest BCUT2D eigenvalue weighted by Gasteiger charge is -2.09. The zero-order valence-corrected chi connectivity index (χ0v) is 14.4. The highest BCUT2D eigenvalue weighted by atomic mass is 16.5. The normalized spacial score (nSPS) is 18.3. The number of fused-ring (bicyclic) bond motifs is 1. The number of benzene rings is 3. The van der Waals surface area contributed by atoms with Crippen molar-refractivity contribution in [2.24, 2.45) is 5.92 Å². The summed E-state index contributed by atoms with van der Waals surface area (Å²) in [4.78, 5) is 24.5. The summed E-state index contributed by atoms with van der Waals surface area (Å²) in [6.45, 7) is 0. The van der Waals surface area contributed by atoms with Crippen LogP contribution in [0.2, 0.25) is 0 Å². The van der Waals surface area contributed by atoms with E-state index in [4.69, 9.17) is 4.74 Å². The van der Waals surface area contributed by atoms with E-state index in [2.05, 4.69) is 35.6 Å². The van der Waals surface area contributed by atoms with Crippen LogP contribution in [0.5, 0.6) is 0 Å². The molecule has 1 amide bonds. The van der Waals surface area contributed by atoms with Gasteiger partial charge in [-0.05, 0) is 40.8 Å². The van der Waals surface area contributed by atoms with E-state index in [1.807, 2.05) is 12.1 Å². The number of amides is 1.